The molecule has 72 valence electrons. The van der Waals surface area contributed by atoms with Crippen LogP contribution in [0.15, 0.2) is 28.3 Å². The number of nitrogens with one attached hydrogen (secondary N) is 1. The van der Waals surface area contributed by atoms with Crippen LogP contribution in [-0.2, 0) is 6.54 Å². The minimum absolute atomic E-state index is 0.661. The Morgan fingerprint density at radius 1 is 1.43 bits per heavy atom. The highest BCUT2D eigenvalue weighted by Crippen LogP contribution is 2.11. The molecule has 14 heavy (non-hydrogen) atoms. The summed E-state index contributed by atoms with van der Waals surface area (Å²) in [6, 6.07) is 5.81. The van der Waals surface area contributed by atoms with Crippen LogP contribution in [0.25, 0.3) is 0 Å². The Morgan fingerprint density at radius 2 is 2.36 bits per heavy atom. The number of halogens is 1. The lowest BCUT2D eigenvalue weighted by Crippen LogP contribution is -2.01. The molecule has 2 heterocycles. The van der Waals surface area contributed by atoms with E-state index in [0.717, 1.165) is 15.4 Å². The summed E-state index contributed by atoms with van der Waals surface area (Å²) in [7, 11) is 0. The van der Waals surface area contributed by atoms with Crippen LogP contribution in [0.1, 0.15) is 5.69 Å². The van der Waals surface area contributed by atoms with Crippen molar-refractivity contribution in [2.45, 2.75) is 6.54 Å². The van der Waals surface area contributed by atoms with Crippen molar-refractivity contribution in [1.82, 2.24) is 15.2 Å². The van der Waals surface area contributed by atoms with Gasteiger partial charge in [-0.05, 0) is 28.1 Å². The highest BCUT2D eigenvalue weighted by Gasteiger charge is 1.97. The van der Waals surface area contributed by atoms with Crippen LogP contribution < -0.4 is 5.32 Å². The van der Waals surface area contributed by atoms with Crippen LogP contribution in [0.2, 0.25) is 0 Å². The van der Waals surface area contributed by atoms with Gasteiger partial charge in [0.15, 0.2) is 0 Å². The zero-order valence-corrected chi connectivity index (χ0v) is 9.55. The number of nitrogens with zero attached hydrogens (tertiary/aromatic N) is 3. The first kappa shape index (κ1) is 9.54. The first-order valence-corrected chi connectivity index (χ1v) is 5.63. The van der Waals surface area contributed by atoms with Gasteiger partial charge in [-0.15, -0.1) is 10.2 Å². The van der Waals surface area contributed by atoms with Gasteiger partial charge in [-0.25, -0.2) is 4.98 Å². The van der Waals surface area contributed by atoms with E-state index in [-0.39, 0.29) is 0 Å². The molecule has 0 saturated carbocycles. The van der Waals surface area contributed by atoms with Crippen molar-refractivity contribution in [3.05, 3.63) is 34.0 Å². The highest BCUT2D eigenvalue weighted by molar-refractivity contribution is 9.10. The Bertz CT molecular complexity index is 403. The third-order valence-electron chi connectivity index (χ3n) is 1.55. The van der Waals surface area contributed by atoms with E-state index in [9.17, 15) is 0 Å². The number of anilines is 1. The summed E-state index contributed by atoms with van der Waals surface area (Å²) in [4.78, 5) is 4.28. The first-order chi connectivity index (χ1) is 6.84. The topological polar surface area (TPSA) is 50.7 Å². The fourth-order valence-electron chi connectivity index (χ4n) is 0.965. The van der Waals surface area contributed by atoms with Crippen molar-refractivity contribution in [3.8, 4) is 0 Å². The zero-order valence-electron chi connectivity index (χ0n) is 7.14. The summed E-state index contributed by atoms with van der Waals surface area (Å²) in [5, 5.41) is 11.5. The lowest BCUT2D eigenvalue weighted by Gasteiger charge is -2.01. The second-order valence-corrected chi connectivity index (χ2v) is 4.19. The molecule has 0 unspecified atom stereocenters. The minimum Gasteiger partial charge on any atom is -0.354 e. The van der Waals surface area contributed by atoms with Crippen LogP contribution >= 0.6 is 27.3 Å². The van der Waals surface area contributed by atoms with E-state index in [2.05, 4.69) is 36.4 Å². The van der Waals surface area contributed by atoms with E-state index >= 15 is 0 Å². The molecule has 6 heteroatoms. The molecule has 2 aromatic rings. The molecular weight excluding hydrogens is 264 g/mol. The van der Waals surface area contributed by atoms with Crippen LogP contribution in [0.4, 0.5) is 5.13 Å². The Balaban J connectivity index is 1.98. The maximum atomic E-state index is 4.28. The van der Waals surface area contributed by atoms with Gasteiger partial charge in [0.05, 0.1) is 12.2 Å². The molecule has 0 saturated heterocycles. The summed E-state index contributed by atoms with van der Waals surface area (Å²) in [5.41, 5.74) is 2.66. The Morgan fingerprint density at radius 3 is 3.07 bits per heavy atom. The molecule has 0 aliphatic rings. The molecule has 0 aliphatic carbocycles. The lowest BCUT2D eigenvalue weighted by molar-refractivity contribution is 1.00. The summed E-state index contributed by atoms with van der Waals surface area (Å²) in [5.74, 6) is 0. The standard InChI is InChI=1S/C8H7BrN4S/c9-7-3-1-2-6(12-7)4-10-8-13-11-5-14-8/h1-3,5H,4H2,(H,10,13). The second-order valence-electron chi connectivity index (χ2n) is 2.55. The number of pyridine rings is 1. The number of hydrogen-bond acceptors (Lipinski definition) is 5. The molecule has 2 rings (SSSR count). The summed E-state index contributed by atoms with van der Waals surface area (Å²) in [6.07, 6.45) is 0. The van der Waals surface area contributed by atoms with Gasteiger partial charge in [-0.3, -0.25) is 0 Å². The zero-order chi connectivity index (χ0) is 9.80. The number of rotatable bonds is 3. The Hall–Kier alpha value is -1.01. The van der Waals surface area contributed by atoms with E-state index < -0.39 is 0 Å². The normalized spacial score (nSPS) is 10.1. The van der Waals surface area contributed by atoms with E-state index in [4.69, 9.17) is 0 Å². The second kappa shape index (κ2) is 4.47. The average Bonchev–Trinajstić information content (AvgIpc) is 2.67. The van der Waals surface area contributed by atoms with E-state index in [1.807, 2.05) is 18.2 Å². The van der Waals surface area contributed by atoms with Crippen LogP contribution in [0, 0.1) is 0 Å². The van der Waals surface area contributed by atoms with Gasteiger partial charge in [0.1, 0.15) is 10.1 Å². The lowest BCUT2D eigenvalue weighted by atomic mass is 10.3. The molecular formula is C8H7BrN4S. The molecule has 4 nitrogen and oxygen atoms in total. The third-order valence-corrected chi connectivity index (χ3v) is 2.64. The maximum absolute atomic E-state index is 4.28. The Labute approximate surface area is 93.5 Å². The number of aromatic nitrogens is 3. The van der Waals surface area contributed by atoms with Crippen molar-refractivity contribution >= 4 is 32.4 Å². The summed E-state index contributed by atoms with van der Waals surface area (Å²) < 4.78 is 0.842. The molecule has 2 aromatic heterocycles. The predicted octanol–water partition coefficient (Wildman–Crippen LogP) is 2.31. The van der Waals surface area contributed by atoms with Crippen molar-refractivity contribution in [3.63, 3.8) is 0 Å². The molecule has 0 aliphatic heterocycles. The van der Waals surface area contributed by atoms with Gasteiger partial charge >= 0.3 is 0 Å². The van der Waals surface area contributed by atoms with Gasteiger partial charge in [0, 0.05) is 0 Å². The molecule has 0 atom stereocenters. The molecule has 0 bridgehead atoms. The molecule has 0 spiro atoms. The molecule has 0 aromatic carbocycles. The maximum Gasteiger partial charge on any atom is 0.205 e. The van der Waals surface area contributed by atoms with E-state index in [1.54, 1.807) is 5.51 Å². The highest BCUT2D eigenvalue weighted by atomic mass is 79.9. The fraction of sp³-hybridized carbons (Fsp3) is 0.125. The average molecular weight is 271 g/mol. The van der Waals surface area contributed by atoms with Gasteiger partial charge in [0.2, 0.25) is 5.13 Å². The van der Waals surface area contributed by atoms with Crippen molar-refractivity contribution in [1.29, 1.82) is 0 Å². The first-order valence-electron chi connectivity index (χ1n) is 3.96. The van der Waals surface area contributed by atoms with Crippen LogP contribution in [0.5, 0.6) is 0 Å². The Kier molecular flexibility index (Phi) is 3.05. The summed E-state index contributed by atoms with van der Waals surface area (Å²) >= 11 is 4.79. The van der Waals surface area contributed by atoms with E-state index in [1.165, 1.54) is 11.3 Å². The largest absolute Gasteiger partial charge is 0.354 e. The SMILES string of the molecule is Brc1cccc(CNc2nncs2)n1. The predicted molar refractivity (Wildman–Crippen MR) is 59.2 cm³/mol. The fourth-order valence-corrected chi connectivity index (χ4v) is 1.79. The van der Waals surface area contributed by atoms with Gasteiger partial charge in [0.25, 0.3) is 0 Å². The smallest absolute Gasteiger partial charge is 0.205 e. The van der Waals surface area contributed by atoms with Crippen LogP contribution in [-0.4, -0.2) is 15.2 Å². The minimum atomic E-state index is 0.661. The van der Waals surface area contributed by atoms with Crippen LogP contribution in [0.3, 0.4) is 0 Å². The van der Waals surface area contributed by atoms with Crippen molar-refractivity contribution in [2.24, 2.45) is 0 Å². The van der Waals surface area contributed by atoms with Crippen molar-refractivity contribution in [2.75, 3.05) is 5.32 Å². The molecule has 0 amide bonds. The summed E-state index contributed by atoms with van der Waals surface area (Å²) in [6.45, 7) is 0.661. The van der Waals surface area contributed by atoms with Gasteiger partial charge in [-0.2, -0.15) is 0 Å². The number of hydrogen-bond donors (Lipinski definition) is 1. The monoisotopic (exact) mass is 270 g/mol. The molecule has 1 N–H and O–H groups in total. The third kappa shape index (κ3) is 2.49. The van der Waals surface area contributed by atoms with Gasteiger partial charge in [-0.1, -0.05) is 17.4 Å². The van der Waals surface area contributed by atoms with Gasteiger partial charge < -0.3 is 5.32 Å². The molecule has 0 radical (unpaired) electrons. The van der Waals surface area contributed by atoms with Crippen molar-refractivity contribution < 1.29 is 0 Å². The molecule has 0 fully saturated rings. The van der Waals surface area contributed by atoms with E-state index in [0.29, 0.717) is 6.54 Å². The quantitative estimate of drug-likeness (QED) is 0.870.